The van der Waals surface area contributed by atoms with Gasteiger partial charge in [-0.15, -0.1) is 0 Å². The fraction of sp³-hybridized carbons (Fsp3) is 0.100. The first-order chi connectivity index (χ1) is 6.77. The van der Waals surface area contributed by atoms with Crippen molar-refractivity contribution >= 4 is 17.4 Å². The quantitative estimate of drug-likeness (QED) is 0.820. The zero-order valence-electron chi connectivity index (χ0n) is 7.52. The monoisotopic (exact) mass is 207 g/mol. The maximum absolute atomic E-state index is 6.01. The Morgan fingerprint density at radius 3 is 2.71 bits per heavy atom. The molecule has 0 saturated carbocycles. The normalized spacial score (nSPS) is 10.4. The summed E-state index contributed by atoms with van der Waals surface area (Å²) < 4.78 is 1.71. The van der Waals surface area contributed by atoms with Crippen molar-refractivity contribution in [2.75, 3.05) is 5.73 Å². The molecule has 14 heavy (non-hydrogen) atoms. The second kappa shape index (κ2) is 3.72. The topological polar surface area (TPSA) is 43.8 Å². The van der Waals surface area contributed by atoms with E-state index in [0.29, 0.717) is 12.4 Å². The zero-order chi connectivity index (χ0) is 9.97. The van der Waals surface area contributed by atoms with Crippen molar-refractivity contribution in [2.24, 2.45) is 0 Å². The van der Waals surface area contributed by atoms with Gasteiger partial charge in [0.15, 0.2) is 0 Å². The van der Waals surface area contributed by atoms with Crippen LogP contribution >= 0.6 is 11.6 Å². The molecule has 0 aliphatic heterocycles. The van der Waals surface area contributed by atoms with Crippen molar-refractivity contribution in [2.45, 2.75) is 6.54 Å². The van der Waals surface area contributed by atoms with Crippen LogP contribution in [0.3, 0.4) is 0 Å². The molecule has 0 bridgehead atoms. The summed E-state index contributed by atoms with van der Waals surface area (Å²) in [7, 11) is 0. The number of aromatic nitrogens is 2. The van der Waals surface area contributed by atoms with Crippen LogP contribution in [0, 0.1) is 0 Å². The summed E-state index contributed by atoms with van der Waals surface area (Å²) in [6.07, 6.45) is 1.67. The lowest BCUT2D eigenvalue weighted by atomic mass is 10.2. The van der Waals surface area contributed by atoms with Crippen molar-refractivity contribution in [3.63, 3.8) is 0 Å². The fourth-order valence-electron chi connectivity index (χ4n) is 1.26. The van der Waals surface area contributed by atoms with Crippen molar-refractivity contribution < 1.29 is 0 Å². The van der Waals surface area contributed by atoms with Crippen LogP contribution in [0.2, 0.25) is 5.02 Å². The number of rotatable bonds is 2. The predicted octanol–water partition coefficient (Wildman–Crippen LogP) is 2.17. The van der Waals surface area contributed by atoms with Crippen LogP contribution in [0.5, 0.6) is 0 Å². The molecule has 3 nitrogen and oxygen atoms in total. The van der Waals surface area contributed by atoms with Crippen LogP contribution in [0.25, 0.3) is 0 Å². The van der Waals surface area contributed by atoms with Gasteiger partial charge in [-0.3, -0.25) is 0 Å². The predicted molar refractivity (Wildman–Crippen MR) is 57.2 cm³/mol. The Labute approximate surface area is 87.1 Å². The number of halogens is 1. The van der Waals surface area contributed by atoms with Crippen LogP contribution in [0.15, 0.2) is 36.5 Å². The Morgan fingerprint density at radius 2 is 2.07 bits per heavy atom. The number of hydrogen-bond donors (Lipinski definition) is 1. The number of benzene rings is 1. The average molecular weight is 208 g/mol. The Bertz CT molecular complexity index is 436. The Morgan fingerprint density at radius 1 is 1.29 bits per heavy atom. The molecule has 4 heteroatoms. The molecule has 0 aliphatic carbocycles. The van der Waals surface area contributed by atoms with Gasteiger partial charge in [-0.1, -0.05) is 29.8 Å². The summed E-state index contributed by atoms with van der Waals surface area (Å²) in [5, 5.41) is 4.82. The molecular weight excluding hydrogens is 198 g/mol. The summed E-state index contributed by atoms with van der Waals surface area (Å²) >= 11 is 6.01. The molecule has 0 saturated heterocycles. The summed E-state index contributed by atoms with van der Waals surface area (Å²) in [4.78, 5) is 0. The minimum atomic E-state index is 0.610. The molecule has 0 amide bonds. The molecule has 0 spiro atoms. The first-order valence-corrected chi connectivity index (χ1v) is 4.66. The minimum Gasteiger partial charge on any atom is -0.384 e. The van der Waals surface area contributed by atoms with Crippen molar-refractivity contribution in [3.8, 4) is 0 Å². The van der Waals surface area contributed by atoms with Gasteiger partial charge in [-0.05, 0) is 17.7 Å². The maximum Gasteiger partial charge on any atom is 0.122 e. The highest BCUT2D eigenvalue weighted by Crippen LogP contribution is 2.16. The molecule has 0 aliphatic rings. The van der Waals surface area contributed by atoms with Crippen LogP contribution in [-0.2, 0) is 6.54 Å². The van der Waals surface area contributed by atoms with Crippen LogP contribution < -0.4 is 5.73 Å². The highest BCUT2D eigenvalue weighted by Gasteiger charge is 2.02. The lowest BCUT2D eigenvalue weighted by Gasteiger charge is -2.05. The number of nitrogens with two attached hydrogens (primary N) is 1. The molecule has 2 rings (SSSR count). The van der Waals surface area contributed by atoms with Crippen molar-refractivity contribution in [3.05, 3.63) is 47.1 Å². The van der Waals surface area contributed by atoms with E-state index in [-0.39, 0.29) is 0 Å². The summed E-state index contributed by atoms with van der Waals surface area (Å²) in [6.45, 7) is 0.610. The molecular formula is C10H10ClN3. The van der Waals surface area contributed by atoms with Gasteiger partial charge >= 0.3 is 0 Å². The van der Waals surface area contributed by atoms with E-state index in [1.54, 1.807) is 16.9 Å². The number of hydrogen-bond acceptors (Lipinski definition) is 2. The zero-order valence-corrected chi connectivity index (χ0v) is 8.28. The highest BCUT2D eigenvalue weighted by atomic mass is 35.5. The molecule has 2 N–H and O–H groups in total. The maximum atomic E-state index is 6.01. The van der Waals surface area contributed by atoms with Gasteiger partial charge in [0.1, 0.15) is 5.82 Å². The third-order valence-electron chi connectivity index (χ3n) is 2.03. The van der Waals surface area contributed by atoms with Gasteiger partial charge in [-0.2, -0.15) is 5.10 Å². The van der Waals surface area contributed by atoms with Crippen molar-refractivity contribution in [1.82, 2.24) is 9.78 Å². The molecule has 1 aromatic carbocycles. The first-order valence-electron chi connectivity index (χ1n) is 4.28. The number of nitrogen functional groups attached to an aromatic ring is 1. The fourth-order valence-corrected chi connectivity index (χ4v) is 1.46. The Balaban J connectivity index is 2.28. The molecule has 1 heterocycles. The third-order valence-corrected chi connectivity index (χ3v) is 2.40. The van der Waals surface area contributed by atoms with Gasteiger partial charge in [0, 0.05) is 5.02 Å². The highest BCUT2D eigenvalue weighted by molar-refractivity contribution is 6.31. The summed E-state index contributed by atoms with van der Waals surface area (Å²) in [5.74, 6) is 0.643. The first kappa shape index (κ1) is 9.09. The number of anilines is 1. The van der Waals surface area contributed by atoms with Gasteiger partial charge in [0.05, 0.1) is 12.7 Å². The Hall–Kier alpha value is -1.48. The molecule has 0 fully saturated rings. The van der Waals surface area contributed by atoms with E-state index >= 15 is 0 Å². The van der Waals surface area contributed by atoms with Crippen molar-refractivity contribution in [1.29, 1.82) is 0 Å². The van der Waals surface area contributed by atoms with E-state index in [1.807, 2.05) is 24.3 Å². The van der Waals surface area contributed by atoms with Gasteiger partial charge in [0.25, 0.3) is 0 Å². The van der Waals surface area contributed by atoms with Crippen LogP contribution in [-0.4, -0.2) is 9.78 Å². The lowest BCUT2D eigenvalue weighted by molar-refractivity contribution is 0.697. The molecule has 0 radical (unpaired) electrons. The summed E-state index contributed by atoms with van der Waals surface area (Å²) in [5.41, 5.74) is 6.71. The van der Waals surface area contributed by atoms with E-state index < -0.39 is 0 Å². The third kappa shape index (κ3) is 1.72. The van der Waals surface area contributed by atoms with Gasteiger partial charge in [0.2, 0.25) is 0 Å². The molecule has 0 unspecified atom stereocenters. The second-order valence-corrected chi connectivity index (χ2v) is 3.41. The van der Waals surface area contributed by atoms with Gasteiger partial charge < -0.3 is 5.73 Å². The largest absolute Gasteiger partial charge is 0.384 e. The summed E-state index contributed by atoms with van der Waals surface area (Å²) in [6, 6.07) is 9.43. The standard InChI is InChI=1S/C10H10ClN3/c11-9-4-2-1-3-8(9)7-14-10(12)5-6-13-14/h1-6H,7,12H2. The van der Waals surface area contributed by atoms with E-state index in [0.717, 1.165) is 10.6 Å². The molecule has 0 atom stereocenters. The van der Waals surface area contributed by atoms with Gasteiger partial charge in [-0.25, -0.2) is 4.68 Å². The Kier molecular flexibility index (Phi) is 2.41. The van der Waals surface area contributed by atoms with E-state index in [2.05, 4.69) is 5.10 Å². The van der Waals surface area contributed by atoms with E-state index in [9.17, 15) is 0 Å². The van der Waals surface area contributed by atoms with Crippen LogP contribution in [0.4, 0.5) is 5.82 Å². The second-order valence-electron chi connectivity index (χ2n) is 3.01. The smallest absolute Gasteiger partial charge is 0.122 e. The SMILES string of the molecule is Nc1ccnn1Cc1ccccc1Cl. The van der Waals surface area contributed by atoms with Crippen LogP contribution in [0.1, 0.15) is 5.56 Å². The number of nitrogens with zero attached hydrogens (tertiary/aromatic N) is 2. The minimum absolute atomic E-state index is 0.610. The molecule has 2 aromatic rings. The molecule has 72 valence electrons. The average Bonchev–Trinajstić information content (AvgIpc) is 2.56. The van der Waals surface area contributed by atoms with E-state index in [4.69, 9.17) is 17.3 Å². The van der Waals surface area contributed by atoms with E-state index in [1.165, 1.54) is 0 Å². The molecule has 1 aromatic heterocycles. The lowest BCUT2D eigenvalue weighted by Crippen LogP contribution is -2.05.